The molecule has 0 aromatic heterocycles. The number of carbonyl (C=O) groups is 1. The highest BCUT2D eigenvalue weighted by atomic mass is 16.4. The molecule has 4 nitrogen and oxygen atoms in total. The minimum absolute atomic E-state index is 0.0274. The predicted molar refractivity (Wildman–Crippen MR) is 101 cm³/mol. The number of anilines is 1. The Morgan fingerprint density at radius 2 is 1.64 bits per heavy atom. The maximum atomic E-state index is 11.7. The Labute approximate surface area is 149 Å². The molecule has 0 aliphatic carbocycles. The van der Waals surface area contributed by atoms with Crippen molar-refractivity contribution in [3.05, 3.63) is 65.2 Å². The largest absolute Gasteiger partial charge is 0.480 e. The third-order valence-corrected chi connectivity index (χ3v) is 5.03. The first kappa shape index (κ1) is 17.5. The van der Waals surface area contributed by atoms with E-state index in [9.17, 15) is 9.90 Å². The van der Waals surface area contributed by atoms with Crippen LogP contribution in [0.1, 0.15) is 35.6 Å². The maximum absolute atomic E-state index is 11.7. The van der Waals surface area contributed by atoms with Crippen molar-refractivity contribution in [1.29, 1.82) is 0 Å². The Balaban J connectivity index is 2.02. The van der Waals surface area contributed by atoms with Crippen LogP contribution in [0.4, 0.5) is 5.69 Å². The average Bonchev–Trinajstić information content (AvgIpc) is 3.07. The number of rotatable bonds is 5. The zero-order valence-electron chi connectivity index (χ0n) is 15.1. The second-order valence-corrected chi connectivity index (χ2v) is 7.03. The van der Waals surface area contributed by atoms with Crippen LogP contribution in [0.3, 0.4) is 0 Å². The lowest BCUT2D eigenvalue weighted by molar-refractivity contribution is -0.142. The molecule has 25 heavy (non-hydrogen) atoms. The zero-order chi connectivity index (χ0) is 18.0. The van der Waals surface area contributed by atoms with Crippen LogP contribution in [0, 0.1) is 6.92 Å². The number of carboxylic acid groups (broad SMARTS) is 1. The number of hydrogen-bond acceptors (Lipinski definition) is 3. The van der Waals surface area contributed by atoms with E-state index in [0.717, 1.165) is 29.8 Å². The van der Waals surface area contributed by atoms with Crippen molar-refractivity contribution < 1.29 is 9.90 Å². The minimum Gasteiger partial charge on any atom is -0.480 e. The molecule has 0 spiro atoms. The highest BCUT2D eigenvalue weighted by Crippen LogP contribution is 2.35. The molecule has 0 amide bonds. The smallest absolute Gasteiger partial charge is 0.320 e. The first-order chi connectivity index (χ1) is 12.0. The van der Waals surface area contributed by atoms with Crippen LogP contribution in [-0.4, -0.2) is 42.7 Å². The number of aryl methyl sites for hydroxylation is 1. The van der Waals surface area contributed by atoms with Crippen molar-refractivity contribution >= 4 is 11.7 Å². The summed E-state index contributed by atoms with van der Waals surface area (Å²) in [5.41, 5.74) is 4.64. The third-order valence-electron chi connectivity index (χ3n) is 5.03. The Morgan fingerprint density at radius 3 is 2.16 bits per heavy atom. The lowest BCUT2D eigenvalue weighted by Gasteiger charge is -2.32. The van der Waals surface area contributed by atoms with Crippen LogP contribution in [0.2, 0.25) is 0 Å². The molecule has 1 heterocycles. The standard InChI is InChI=1S/C21H26N2O2/c1-15-6-8-16(9-7-15)20(23-14-4-5-19(23)21(24)25)17-10-12-18(13-11-17)22(2)3/h6-13,19-20H,4-5,14H2,1-3H3,(H,24,25). The number of benzene rings is 2. The van der Waals surface area contributed by atoms with Gasteiger partial charge in [-0.05, 0) is 43.0 Å². The van der Waals surface area contributed by atoms with Crippen molar-refractivity contribution in [3.8, 4) is 0 Å². The molecule has 2 unspecified atom stereocenters. The minimum atomic E-state index is -0.723. The summed E-state index contributed by atoms with van der Waals surface area (Å²) in [6.45, 7) is 2.88. The second kappa shape index (κ2) is 7.28. The van der Waals surface area contributed by atoms with Crippen LogP contribution >= 0.6 is 0 Å². The van der Waals surface area contributed by atoms with E-state index in [0.29, 0.717) is 6.42 Å². The summed E-state index contributed by atoms with van der Waals surface area (Å²) >= 11 is 0. The third kappa shape index (κ3) is 3.69. The van der Waals surface area contributed by atoms with Gasteiger partial charge in [0.2, 0.25) is 0 Å². The van der Waals surface area contributed by atoms with Gasteiger partial charge in [0.1, 0.15) is 6.04 Å². The van der Waals surface area contributed by atoms with Gasteiger partial charge >= 0.3 is 5.97 Å². The van der Waals surface area contributed by atoms with E-state index in [1.54, 1.807) is 0 Å². The van der Waals surface area contributed by atoms with E-state index in [1.807, 2.05) is 14.1 Å². The maximum Gasteiger partial charge on any atom is 0.320 e. The van der Waals surface area contributed by atoms with Gasteiger partial charge in [0.05, 0.1) is 6.04 Å². The lowest BCUT2D eigenvalue weighted by atomic mass is 9.95. The fourth-order valence-electron chi connectivity index (χ4n) is 3.64. The fraction of sp³-hybridized carbons (Fsp3) is 0.381. The SMILES string of the molecule is Cc1ccc(C(c2ccc(N(C)C)cc2)N2CCCC2C(=O)O)cc1. The molecular weight excluding hydrogens is 312 g/mol. The topological polar surface area (TPSA) is 43.8 Å². The summed E-state index contributed by atoms with van der Waals surface area (Å²) in [5, 5.41) is 9.64. The second-order valence-electron chi connectivity index (χ2n) is 7.03. The van der Waals surface area contributed by atoms with Crippen molar-refractivity contribution in [2.75, 3.05) is 25.5 Å². The lowest BCUT2D eigenvalue weighted by Crippen LogP contribution is -2.39. The van der Waals surface area contributed by atoms with Gasteiger partial charge in [0, 0.05) is 26.3 Å². The summed E-state index contributed by atoms with van der Waals surface area (Å²) in [7, 11) is 4.04. The summed E-state index contributed by atoms with van der Waals surface area (Å²) in [6, 6.07) is 16.4. The summed E-state index contributed by atoms with van der Waals surface area (Å²) in [5.74, 6) is -0.723. The van der Waals surface area contributed by atoms with Crippen LogP contribution in [0.5, 0.6) is 0 Å². The Morgan fingerprint density at radius 1 is 1.08 bits per heavy atom. The number of carboxylic acids is 1. The average molecular weight is 338 g/mol. The van der Waals surface area contributed by atoms with Crippen molar-refractivity contribution in [2.45, 2.75) is 31.8 Å². The fourth-order valence-corrected chi connectivity index (χ4v) is 3.64. The van der Waals surface area contributed by atoms with Crippen molar-refractivity contribution in [1.82, 2.24) is 4.90 Å². The van der Waals surface area contributed by atoms with E-state index in [4.69, 9.17) is 0 Å². The number of nitrogens with zero attached hydrogens (tertiary/aromatic N) is 2. The van der Waals surface area contributed by atoms with Gasteiger partial charge in [0.15, 0.2) is 0 Å². The van der Waals surface area contributed by atoms with Gasteiger partial charge in [0.25, 0.3) is 0 Å². The molecule has 1 N–H and O–H groups in total. The number of likely N-dealkylation sites (tertiary alicyclic amines) is 1. The highest BCUT2D eigenvalue weighted by molar-refractivity contribution is 5.74. The Bertz CT molecular complexity index is 723. The molecule has 2 atom stereocenters. The Kier molecular flexibility index (Phi) is 5.09. The molecule has 0 saturated carbocycles. The monoisotopic (exact) mass is 338 g/mol. The van der Waals surface area contributed by atoms with Crippen molar-refractivity contribution in [2.24, 2.45) is 0 Å². The van der Waals surface area contributed by atoms with Crippen molar-refractivity contribution in [3.63, 3.8) is 0 Å². The molecule has 1 aliphatic rings. The van der Waals surface area contributed by atoms with E-state index in [2.05, 4.69) is 65.3 Å². The number of hydrogen-bond donors (Lipinski definition) is 1. The number of aliphatic carboxylic acids is 1. The van der Waals surface area contributed by atoms with Gasteiger partial charge in [-0.1, -0.05) is 42.0 Å². The van der Waals surface area contributed by atoms with Crippen LogP contribution in [0.25, 0.3) is 0 Å². The molecule has 2 aromatic rings. The molecule has 1 saturated heterocycles. The normalized spacial score (nSPS) is 18.9. The van der Waals surface area contributed by atoms with Crippen LogP contribution in [-0.2, 0) is 4.79 Å². The first-order valence-corrected chi connectivity index (χ1v) is 8.80. The Hall–Kier alpha value is -2.33. The summed E-state index contributed by atoms with van der Waals surface area (Å²) in [6.07, 6.45) is 1.64. The van der Waals surface area contributed by atoms with Gasteiger partial charge < -0.3 is 10.0 Å². The highest BCUT2D eigenvalue weighted by Gasteiger charge is 2.36. The van der Waals surface area contributed by atoms with Crippen LogP contribution < -0.4 is 4.90 Å². The van der Waals surface area contributed by atoms with Gasteiger partial charge in [-0.2, -0.15) is 0 Å². The first-order valence-electron chi connectivity index (χ1n) is 8.80. The predicted octanol–water partition coefficient (Wildman–Crippen LogP) is 3.70. The molecule has 132 valence electrons. The van der Waals surface area contributed by atoms with E-state index in [-0.39, 0.29) is 6.04 Å². The van der Waals surface area contributed by atoms with Gasteiger partial charge in [-0.25, -0.2) is 0 Å². The van der Waals surface area contributed by atoms with Gasteiger partial charge in [-0.3, -0.25) is 9.69 Å². The van der Waals surface area contributed by atoms with E-state index in [1.165, 1.54) is 5.56 Å². The molecule has 3 rings (SSSR count). The van der Waals surface area contributed by atoms with E-state index >= 15 is 0 Å². The molecule has 4 heteroatoms. The van der Waals surface area contributed by atoms with Crippen LogP contribution in [0.15, 0.2) is 48.5 Å². The molecule has 2 aromatic carbocycles. The van der Waals surface area contributed by atoms with Gasteiger partial charge in [-0.15, -0.1) is 0 Å². The molecule has 1 fully saturated rings. The quantitative estimate of drug-likeness (QED) is 0.903. The van der Waals surface area contributed by atoms with E-state index < -0.39 is 12.0 Å². The summed E-state index contributed by atoms with van der Waals surface area (Å²) in [4.78, 5) is 15.9. The molecule has 0 bridgehead atoms. The summed E-state index contributed by atoms with van der Waals surface area (Å²) < 4.78 is 0. The molecular formula is C21H26N2O2. The zero-order valence-corrected chi connectivity index (χ0v) is 15.1. The molecule has 1 aliphatic heterocycles. The molecule has 0 radical (unpaired) electrons.